The first-order valence-corrected chi connectivity index (χ1v) is 11.8. The van der Waals surface area contributed by atoms with E-state index in [-0.39, 0.29) is 28.4 Å². The van der Waals surface area contributed by atoms with E-state index in [0.29, 0.717) is 9.25 Å². The minimum Gasteiger partial charge on any atom is -0.442 e. The van der Waals surface area contributed by atoms with Gasteiger partial charge in [0.1, 0.15) is 12.6 Å². The van der Waals surface area contributed by atoms with E-state index >= 15 is 0 Å². The van der Waals surface area contributed by atoms with E-state index in [1.54, 1.807) is 0 Å². The summed E-state index contributed by atoms with van der Waals surface area (Å²) < 4.78 is 84.3. The SMILES string of the molecule is NC(=O)OC(CCC(=O)Cn1nc(-c2ccc(Cl)cc2)n(C[C@H](O)C(F)(F)F)c1=O)c1cccc(C(F)(F)F)c1. The van der Waals surface area contributed by atoms with Crippen LogP contribution in [0.2, 0.25) is 5.02 Å². The largest absolute Gasteiger partial charge is 0.442 e. The van der Waals surface area contributed by atoms with E-state index in [1.165, 1.54) is 30.3 Å². The van der Waals surface area contributed by atoms with Crippen molar-refractivity contribution >= 4 is 23.5 Å². The van der Waals surface area contributed by atoms with E-state index in [9.17, 15) is 45.8 Å². The van der Waals surface area contributed by atoms with Crippen LogP contribution in [0.4, 0.5) is 31.1 Å². The van der Waals surface area contributed by atoms with Crippen LogP contribution in [-0.4, -0.2) is 43.6 Å². The number of carbonyl (C=O) groups excluding carboxylic acids is 2. The number of ketones is 1. The zero-order valence-electron chi connectivity index (χ0n) is 20.2. The van der Waals surface area contributed by atoms with Crippen molar-refractivity contribution in [1.82, 2.24) is 14.3 Å². The molecule has 216 valence electrons. The smallest absolute Gasteiger partial charge is 0.416 e. The number of hydrogen-bond acceptors (Lipinski definition) is 6. The quantitative estimate of drug-likeness (QED) is 0.333. The molecule has 3 rings (SSSR count). The van der Waals surface area contributed by atoms with Gasteiger partial charge in [0, 0.05) is 17.0 Å². The second kappa shape index (κ2) is 12.1. The number of alkyl halides is 6. The third-order valence-electron chi connectivity index (χ3n) is 5.61. The van der Waals surface area contributed by atoms with Gasteiger partial charge in [0.25, 0.3) is 0 Å². The molecular weight excluding hydrogens is 574 g/mol. The summed E-state index contributed by atoms with van der Waals surface area (Å²) in [7, 11) is 0. The van der Waals surface area contributed by atoms with Gasteiger partial charge in [-0.2, -0.15) is 26.3 Å². The number of nitrogens with two attached hydrogens (primary N) is 1. The van der Waals surface area contributed by atoms with E-state index in [2.05, 4.69) is 5.10 Å². The van der Waals surface area contributed by atoms with Crippen LogP contribution >= 0.6 is 11.6 Å². The number of halogens is 7. The monoisotopic (exact) mass is 594 g/mol. The number of ether oxygens (including phenoxy) is 1. The van der Waals surface area contributed by atoms with Crippen LogP contribution in [0.3, 0.4) is 0 Å². The molecule has 1 unspecified atom stereocenters. The molecule has 0 saturated carbocycles. The highest BCUT2D eigenvalue weighted by atomic mass is 35.5. The van der Waals surface area contributed by atoms with Crippen molar-refractivity contribution in [3.8, 4) is 11.4 Å². The van der Waals surface area contributed by atoms with Crippen LogP contribution in [0, 0.1) is 0 Å². The Morgan fingerprint density at radius 3 is 2.30 bits per heavy atom. The van der Waals surface area contributed by atoms with E-state index in [0.717, 1.165) is 18.2 Å². The number of Topliss-reactive ketones (excluding diaryl/α,β-unsaturated/α-hetero) is 1. The van der Waals surface area contributed by atoms with Gasteiger partial charge in [0.2, 0.25) is 0 Å². The number of hydrogen-bond donors (Lipinski definition) is 2. The molecule has 0 bridgehead atoms. The summed E-state index contributed by atoms with van der Waals surface area (Å²) in [5, 5.41) is 13.8. The second-order valence-electron chi connectivity index (χ2n) is 8.56. The van der Waals surface area contributed by atoms with Crippen LogP contribution in [0.15, 0.2) is 53.3 Å². The number of rotatable bonds is 10. The average Bonchev–Trinajstić information content (AvgIpc) is 3.15. The molecule has 0 spiro atoms. The summed E-state index contributed by atoms with van der Waals surface area (Å²) in [5.74, 6) is -0.993. The normalized spacial score (nSPS) is 13.6. The number of aliphatic hydroxyl groups excluding tert-OH is 1. The third kappa shape index (κ3) is 7.85. The number of amides is 1. The number of primary amides is 1. The van der Waals surface area contributed by atoms with Crippen LogP contribution in [-0.2, 0) is 28.8 Å². The maximum absolute atomic E-state index is 13.1. The predicted molar refractivity (Wildman–Crippen MR) is 128 cm³/mol. The Morgan fingerprint density at radius 1 is 1.07 bits per heavy atom. The van der Waals surface area contributed by atoms with Gasteiger partial charge in [0.15, 0.2) is 17.7 Å². The lowest BCUT2D eigenvalue weighted by atomic mass is 10.0. The maximum Gasteiger partial charge on any atom is 0.416 e. The molecule has 16 heteroatoms. The molecule has 2 atom stereocenters. The standard InChI is InChI=1S/C24H21ClF6N4O5/c25-16-6-4-13(5-7-16)20-33-35(22(39)34(20)12-19(37)24(29,30)31)11-17(36)8-9-18(40-21(32)38)14-2-1-3-15(10-14)23(26,27)28/h1-7,10,18-19,37H,8-9,11-12H2,(H2,32,38)/t18?,19-/m0/s1. The second-order valence-corrected chi connectivity index (χ2v) is 9.00. The molecule has 40 heavy (non-hydrogen) atoms. The lowest BCUT2D eigenvalue weighted by Crippen LogP contribution is -2.37. The Labute approximate surface area is 226 Å². The molecule has 9 nitrogen and oxygen atoms in total. The lowest BCUT2D eigenvalue weighted by molar-refractivity contribution is -0.207. The highest BCUT2D eigenvalue weighted by Gasteiger charge is 2.39. The minimum absolute atomic E-state index is 0.0889. The average molecular weight is 595 g/mol. The summed E-state index contributed by atoms with van der Waals surface area (Å²) in [4.78, 5) is 36.9. The maximum atomic E-state index is 13.1. The first-order valence-electron chi connectivity index (χ1n) is 11.4. The number of carbonyl (C=O) groups is 2. The Balaban J connectivity index is 1.84. The van der Waals surface area contributed by atoms with E-state index in [4.69, 9.17) is 22.1 Å². The minimum atomic E-state index is -5.05. The van der Waals surface area contributed by atoms with Crippen LogP contribution in [0.1, 0.15) is 30.1 Å². The molecule has 0 fully saturated rings. The fraction of sp³-hybridized carbons (Fsp3) is 0.333. The van der Waals surface area contributed by atoms with Gasteiger partial charge in [-0.15, -0.1) is 5.10 Å². The number of benzene rings is 2. The van der Waals surface area contributed by atoms with Crippen molar-refractivity contribution in [2.45, 2.75) is 50.5 Å². The molecule has 3 N–H and O–H groups in total. The molecule has 1 aromatic heterocycles. The van der Waals surface area contributed by atoms with Gasteiger partial charge in [-0.3, -0.25) is 9.36 Å². The predicted octanol–water partition coefficient (Wildman–Crippen LogP) is 4.49. The molecule has 0 aliphatic carbocycles. The van der Waals surface area contributed by atoms with Gasteiger partial charge in [-0.25, -0.2) is 14.3 Å². The van der Waals surface area contributed by atoms with Crippen molar-refractivity contribution in [2.75, 3.05) is 0 Å². The number of aliphatic hydroxyl groups is 1. The molecule has 3 aromatic rings. The molecule has 1 heterocycles. The highest BCUT2D eigenvalue weighted by molar-refractivity contribution is 6.30. The highest BCUT2D eigenvalue weighted by Crippen LogP contribution is 2.32. The Hall–Kier alpha value is -3.85. The molecule has 0 radical (unpaired) electrons. The summed E-state index contributed by atoms with van der Waals surface area (Å²) in [5.41, 5.74) is 2.94. The Bertz CT molecular complexity index is 1420. The van der Waals surface area contributed by atoms with E-state index in [1.807, 2.05) is 0 Å². The molecule has 0 aliphatic heterocycles. The first-order chi connectivity index (χ1) is 18.6. The van der Waals surface area contributed by atoms with Crippen molar-refractivity contribution in [1.29, 1.82) is 0 Å². The molecule has 1 amide bonds. The lowest BCUT2D eigenvalue weighted by Gasteiger charge is -2.18. The molecule has 0 aliphatic rings. The molecule has 0 saturated heterocycles. The van der Waals surface area contributed by atoms with E-state index < -0.39 is 67.2 Å². The summed E-state index contributed by atoms with van der Waals surface area (Å²) >= 11 is 5.83. The zero-order valence-corrected chi connectivity index (χ0v) is 21.0. The van der Waals surface area contributed by atoms with Gasteiger partial charge >= 0.3 is 24.1 Å². The topological polar surface area (TPSA) is 129 Å². The fourth-order valence-corrected chi connectivity index (χ4v) is 3.81. The molecular formula is C24H21ClF6N4O5. The molecule has 2 aromatic carbocycles. The number of nitrogens with zero attached hydrogens (tertiary/aromatic N) is 3. The van der Waals surface area contributed by atoms with Gasteiger partial charge in [-0.05, 0) is 48.4 Å². The van der Waals surface area contributed by atoms with Crippen molar-refractivity contribution < 1.29 is 45.8 Å². The zero-order chi connectivity index (χ0) is 29.8. The summed E-state index contributed by atoms with van der Waals surface area (Å²) in [6.45, 7) is -1.95. The van der Waals surface area contributed by atoms with Crippen molar-refractivity contribution in [2.24, 2.45) is 5.73 Å². The number of aromatic nitrogens is 3. The summed E-state index contributed by atoms with van der Waals surface area (Å²) in [6, 6.07) is 9.37. The van der Waals surface area contributed by atoms with Crippen LogP contribution < -0.4 is 11.4 Å². The van der Waals surface area contributed by atoms with Crippen molar-refractivity contribution in [3.05, 3.63) is 75.2 Å². The Morgan fingerprint density at radius 2 is 1.73 bits per heavy atom. The summed E-state index contributed by atoms with van der Waals surface area (Å²) in [6.07, 6.45) is -16.1. The van der Waals surface area contributed by atoms with Crippen LogP contribution in [0.25, 0.3) is 11.4 Å². The fourth-order valence-electron chi connectivity index (χ4n) is 3.68. The third-order valence-corrected chi connectivity index (χ3v) is 5.87. The van der Waals surface area contributed by atoms with Gasteiger partial charge < -0.3 is 15.6 Å². The Kier molecular flexibility index (Phi) is 9.30. The van der Waals surface area contributed by atoms with Crippen LogP contribution in [0.5, 0.6) is 0 Å². The van der Waals surface area contributed by atoms with Crippen molar-refractivity contribution in [3.63, 3.8) is 0 Å². The first kappa shape index (κ1) is 30.7. The van der Waals surface area contributed by atoms with Gasteiger partial charge in [-0.1, -0.05) is 23.7 Å². The van der Waals surface area contributed by atoms with Gasteiger partial charge in [0.05, 0.1) is 12.1 Å².